The predicted octanol–water partition coefficient (Wildman–Crippen LogP) is 2.24. The highest BCUT2D eigenvalue weighted by molar-refractivity contribution is 5.78. The van der Waals surface area contributed by atoms with Crippen LogP contribution in [0.3, 0.4) is 0 Å². The minimum atomic E-state index is -0.781. The Kier molecular flexibility index (Phi) is 5.17. The quantitative estimate of drug-likeness (QED) is 0.838. The van der Waals surface area contributed by atoms with E-state index in [1.165, 1.54) is 0 Å². The SMILES string of the molecule is CC1CC(C(=O)O)CN(C(=O)CC(C)C(C)C)C1. The second-order valence-corrected chi connectivity index (χ2v) is 6.10. The number of carboxylic acids is 1. The smallest absolute Gasteiger partial charge is 0.308 e. The Morgan fingerprint density at radius 2 is 1.89 bits per heavy atom. The molecule has 0 aliphatic carbocycles. The van der Waals surface area contributed by atoms with Crippen LogP contribution < -0.4 is 0 Å². The van der Waals surface area contributed by atoms with Crippen molar-refractivity contribution in [2.45, 2.75) is 40.5 Å². The van der Waals surface area contributed by atoms with Gasteiger partial charge in [0.25, 0.3) is 0 Å². The molecule has 3 atom stereocenters. The van der Waals surface area contributed by atoms with E-state index in [2.05, 4.69) is 20.8 Å². The highest BCUT2D eigenvalue weighted by atomic mass is 16.4. The van der Waals surface area contributed by atoms with Crippen molar-refractivity contribution in [3.8, 4) is 0 Å². The van der Waals surface area contributed by atoms with E-state index in [-0.39, 0.29) is 11.8 Å². The first-order valence-electron chi connectivity index (χ1n) is 6.81. The Bertz CT molecular complexity index is 314. The Morgan fingerprint density at radius 1 is 1.28 bits per heavy atom. The van der Waals surface area contributed by atoms with Crippen molar-refractivity contribution in [2.24, 2.45) is 23.7 Å². The van der Waals surface area contributed by atoms with Gasteiger partial charge in [0, 0.05) is 19.5 Å². The van der Waals surface area contributed by atoms with Gasteiger partial charge in [0.05, 0.1) is 5.92 Å². The van der Waals surface area contributed by atoms with Crippen LogP contribution in [0.5, 0.6) is 0 Å². The lowest BCUT2D eigenvalue weighted by Crippen LogP contribution is -2.46. The lowest BCUT2D eigenvalue weighted by atomic mass is 9.89. The van der Waals surface area contributed by atoms with E-state index in [0.29, 0.717) is 37.8 Å². The summed E-state index contributed by atoms with van der Waals surface area (Å²) in [4.78, 5) is 25.0. The predicted molar refractivity (Wildman–Crippen MR) is 70.1 cm³/mol. The van der Waals surface area contributed by atoms with Gasteiger partial charge in [0.15, 0.2) is 0 Å². The number of carboxylic acid groups (broad SMARTS) is 1. The third kappa shape index (κ3) is 4.00. The molecule has 1 aliphatic rings. The molecule has 1 N–H and O–H groups in total. The van der Waals surface area contributed by atoms with Crippen LogP contribution in [0.1, 0.15) is 40.5 Å². The number of likely N-dealkylation sites (tertiary alicyclic amines) is 1. The molecule has 1 aliphatic heterocycles. The third-order valence-corrected chi connectivity index (χ3v) is 4.00. The van der Waals surface area contributed by atoms with Crippen LogP contribution in [0.4, 0.5) is 0 Å². The van der Waals surface area contributed by atoms with Gasteiger partial charge >= 0.3 is 5.97 Å². The van der Waals surface area contributed by atoms with Crippen molar-refractivity contribution >= 4 is 11.9 Å². The van der Waals surface area contributed by atoms with Crippen LogP contribution in [0.2, 0.25) is 0 Å². The van der Waals surface area contributed by atoms with E-state index in [9.17, 15) is 9.59 Å². The van der Waals surface area contributed by atoms with Gasteiger partial charge in [-0.15, -0.1) is 0 Å². The number of carbonyl (C=O) groups is 2. The molecule has 104 valence electrons. The molecule has 4 nitrogen and oxygen atoms in total. The average Bonchev–Trinajstić information content (AvgIpc) is 2.27. The van der Waals surface area contributed by atoms with E-state index in [1.807, 2.05) is 6.92 Å². The summed E-state index contributed by atoms with van der Waals surface area (Å²) < 4.78 is 0. The van der Waals surface area contributed by atoms with Crippen LogP contribution in [0.25, 0.3) is 0 Å². The zero-order chi connectivity index (χ0) is 13.9. The molecule has 1 amide bonds. The van der Waals surface area contributed by atoms with Gasteiger partial charge in [-0.3, -0.25) is 9.59 Å². The summed E-state index contributed by atoms with van der Waals surface area (Å²) in [6, 6.07) is 0. The number of aliphatic carboxylic acids is 1. The normalized spacial score (nSPS) is 26.2. The number of hydrogen-bond acceptors (Lipinski definition) is 2. The highest BCUT2D eigenvalue weighted by Gasteiger charge is 2.32. The molecule has 1 saturated heterocycles. The molecule has 1 heterocycles. The van der Waals surface area contributed by atoms with Gasteiger partial charge in [-0.25, -0.2) is 0 Å². The molecular formula is C14H25NO3. The summed E-state index contributed by atoms with van der Waals surface area (Å²) >= 11 is 0. The molecular weight excluding hydrogens is 230 g/mol. The first-order valence-corrected chi connectivity index (χ1v) is 6.81. The van der Waals surface area contributed by atoms with Crippen LogP contribution in [-0.4, -0.2) is 35.0 Å². The summed E-state index contributed by atoms with van der Waals surface area (Å²) in [6.45, 7) is 9.39. The lowest BCUT2D eigenvalue weighted by molar-refractivity contribution is -0.147. The van der Waals surface area contributed by atoms with E-state index >= 15 is 0 Å². The number of rotatable bonds is 4. The fraction of sp³-hybridized carbons (Fsp3) is 0.857. The molecule has 0 aromatic heterocycles. The number of nitrogens with zero attached hydrogens (tertiary/aromatic N) is 1. The zero-order valence-electron chi connectivity index (χ0n) is 11.8. The zero-order valence-corrected chi connectivity index (χ0v) is 11.8. The molecule has 0 bridgehead atoms. The largest absolute Gasteiger partial charge is 0.481 e. The number of carbonyl (C=O) groups excluding carboxylic acids is 1. The Hall–Kier alpha value is -1.06. The average molecular weight is 255 g/mol. The fourth-order valence-electron chi connectivity index (χ4n) is 2.37. The summed E-state index contributed by atoms with van der Waals surface area (Å²) in [7, 11) is 0. The molecule has 0 aromatic rings. The van der Waals surface area contributed by atoms with Crippen molar-refractivity contribution in [3.05, 3.63) is 0 Å². The minimum absolute atomic E-state index is 0.106. The summed E-state index contributed by atoms with van der Waals surface area (Å²) in [5.41, 5.74) is 0. The van der Waals surface area contributed by atoms with Crippen LogP contribution >= 0.6 is 0 Å². The first kappa shape index (κ1) is 15.0. The number of piperidine rings is 1. The third-order valence-electron chi connectivity index (χ3n) is 4.00. The summed E-state index contributed by atoms with van der Waals surface area (Å²) in [5, 5.41) is 9.09. The molecule has 0 spiro atoms. The fourth-order valence-corrected chi connectivity index (χ4v) is 2.37. The monoisotopic (exact) mass is 255 g/mol. The van der Waals surface area contributed by atoms with E-state index < -0.39 is 11.9 Å². The van der Waals surface area contributed by atoms with E-state index in [1.54, 1.807) is 4.90 Å². The molecule has 0 saturated carbocycles. The van der Waals surface area contributed by atoms with Crippen molar-refractivity contribution < 1.29 is 14.7 Å². The van der Waals surface area contributed by atoms with Crippen LogP contribution in [-0.2, 0) is 9.59 Å². The Balaban J connectivity index is 2.59. The van der Waals surface area contributed by atoms with Crippen molar-refractivity contribution in [2.75, 3.05) is 13.1 Å². The van der Waals surface area contributed by atoms with E-state index in [0.717, 1.165) is 0 Å². The second-order valence-electron chi connectivity index (χ2n) is 6.10. The van der Waals surface area contributed by atoms with Gasteiger partial charge < -0.3 is 10.0 Å². The van der Waals surface area contributed by atoms with Gasteiger partial charge in [0.2, 0.25) is 5.91 Å². The molecule has 0 radical (unpaired) electrons. The maximum Gasteiger partial charge on any atom is 0.308 e. The maximum atomic E-state index is 12.2. The number of hydrogen-bond donors (Lipinski definition) is 1. The molecule has 4 heteroatoms. The van der Waals surface area contributed by atoms with Gasteiger partial charge in [-0.1, -0.05) is 27.7 Å². The number of amides is 1. The maximum absolute atomic E-state index is 12.2. The standard InChI is InChI=1S/C14H25NO3/c1-9(2)11(4)6-13(16)15-7-10(3)5-12(8-15)14(17)18/h9-12H,5-8H2,1-4H3,(H,17,18). The molecule has 3 unspecified atom stereocenters. The van der Waals surface area contributed by atoms with Crippen molar-refractivity contribution in [1.29, 1.82) is 0 Å². The Labute approximate surface area is 109 Å². The van der Waals surface area contributed by atoms with Gasteiger partial charge in [-0.05, 0) is 24.2 Å². The summed E-state index contributed by atoms with van der Waals surface area (Å²) in [5.74, 6) is 0.0277. The summed E-state index contributed by atoms with van der Waals surface area (Å²) in [6.07, 6.45) is 1.20. The highest BCUT2D eigenvalue weighted by Crippen LogP contribution is 2.24. The molecule has 18 heavy (non-hydrogen) atoms. The van der Waals surface area contributed by atoms with Crippen LogP contribution in [0, 0.1) is 23.7 Å². The Morgan fingerprint density at radius 3 is 2.39 bits per heavy atom. The van der Waals surface area contributed by atoms with E-state index in [4.69, 9.17) is 5.11 Å². The molecule has 0 aromatic carbocycles. The molecule has 1 fully saturated rings. The van der Waals surface area contributed by atoms with Crippen molar-refractivity contribution in [3.63, 3.8) is 0 Å². The lowest BCUT2D eigenvalue weighted by Gasteiger charge is -2.35. The second kappa shape index (κ2) is 6.21. The van der Waals surface area contributed by atoms with Crippen LogP contribution in [0.15, 0.2) is 0 Å². The minimum Gasteiger partial charge on any atom is -0.481 e. The molecule has 1 rings (SSSR count). The topological polar surface area (TPSA) is 57.6 Å². The van der Waals surface area contributed by atoms with Crippen molar-refractivity contribution in [1.82, 2.24) is 4.90 Å². The first-order chi connectivity index (χ1) is 8.31. The van der Waals surface area contributed by atoms with Gasteiger partial charge in [0.1, 0.15) is 0 Å². The van der Waals surface area contributed by atoms with Gasteiger partial charge in [-0.2, -0.15) is 0 Å².